The van der Waals surface area contributed by atoms with Gasteiger partial charge in [-0.3, -0.25) is 24.5 Å². The highest BCUT2D eigenvalue weighted by Gasteiger charge is 2.40. The number of carbonyl (C=O) groups is 4. The van der Waals surface area contributed by atoms with E-state index in [9.17, 15) is 27.6 Å². The summed E-state index contributed by atoms with van der Waals surface area (Å²) in [5.74, 6) is -2.64. The molecule has 4 rings (SSSR count). The van der Waals surface area contributed by atoms with Crippen LogP contribution in [-0.2, 0) is 32.5 Å². The molecule has 0 bridgehead atoms. The van der Waals surface area contributed by atoms with Crippen LogP contribution < -0.4 is 10.6 Å². The van der Waals surface area contributed by atoms with Gasteiger partial charge in [0, 0.05) is 41.5 Å². The summed E-state index contributed by atoms with van der Waals surface area (Å²) in [6.07, 6.45) is 1.33. The summed E-state index contributed by atoms with van der Waals surface area (Å²) in [5.41, 5.74) is 0.647. The first-order chi connectivity index (χ1) is 15.6. The minimum Gasteiger partial charge on any atom is -0.348 e. The smallest absolute Gasteiger partial charge is 0.255 e. The van der Waals surface area contributed by atoms with Gasteiger partial charge in [0.15, 0.2) is 9.84 Å². The molecule has 2 aliphatic heterocycles. The summed E-state index contributed by atoms with van der Waals surface area (Å²) in [6.45, 7) is -0.264. The third-order valence-corrected chi connectivity index (χ3v) is 6.84. The number of fused-ring (bicyclic) bond motifs is 1. The number of nitrogens with zero attached hydrogens (tertiary/aromatic N) is 1. The van der Waals surface area contributed by atoms with Crippen molar-refractivity contribution in [2.75, 3.05) is 6.26 Å². The van der Waals surface area contributed by atoms with Gasteiger partial charge in [-0.25, -0.2) is 12.8 Å². The lowest BCUT2D eigenvalue weighted by Gasteiger charge is -2.29. The molecule has 0 spiro atoms. The van der Waals surface area contributed by atoms with Gasteiger partial charge in [-0.15, -0.1) is 0 Å². The van der Waals surface area contributed by atoms with Crippen LogP contribution in [0.1, 0.15) is 44.7 Å². The van der Waals surface area contributed by atoms with E-state index in [2.05, 4.69) is 10.6 Å². The third-order valence-electron chi connectivity index (χ3n) is 5.71. The Morgan fingerprint density at radius 2 is 1.85 bits per heavy atom. The summed E-state index contributed by atoms with van der Waals surface area (Å²) in [4.78, 5) is 49.9. The standard InChI is InChI=1S/C22H20FN3O6S/c1-33(31,32)14-5-2-12(3-6-14)20(28)24-10-13-4-7-15-16(19(13)23)11-26(22(15)30)17-8-9-18(27)25-21(17)29/h2-7,17H,8-11H2,1H3,(H,24,28)(H,25,27,29). The van der Waals surface area contributed by atoms with Crippen LogP contribution >= 0.6 is 0 Å². The van der Waals surface area contributed by atoms with E-state index in [4.69, 9.17) is 0 Å². The Hall–Kier alpha value is -3.60. The highest BCUT2D eigenvalue weighted by atomic mass is 32.2. The Balaban J connectivity index is 1.47. The van der Waals surface area contributed by atoms with Crippen molar-refractivity contribution in [1.82, 2.24) is 15.5 Å². The van der Waals surface area contributed by atoms with Crippen LogP contribution in [0.25, 0.3) is 0 Å². The Bertz CT molecular complexity index is 1290. The second-order valence-electron chi connectivity index (χ2n) is 7.94. The number of nitrogens with one attached hydrogen (secondary N) is 2. The van der Waals surface area contributed by atoms with Gasteiger partial charge in [-0.2, -0.15) is 0 Å². The summed E-state index contributed by atoms with van der Waals surface area (Å²) >= 11 is 0. The first kappa shape index (κ1) is 22.6. The van der Waals surface area contributed by atoms with Gasteiger partial charge < -0.3 is 10.2 Å². The molecule has 2 heterocycles. The molecule has 0 aliphatic carbocycles. The fourth-order valence-electron chi connectivity index (χ4n) is 3.92. The lowest BCUT2D eigenvalue weighted by atomic mass is 10.0. The number of sulfone groups is 1. The number of hydrogen-bond donors (Lipinski definition) is 2. The van der Waals surface area contributed by atoms with Gasteiger partial charge in [0.2, 0.25) is 11.8 Å². The lowest BCUT2D eigenvalue weighted by molar-refractivity contribution is -0.136. The Morgan fingerprint density at radius 1 is 1.15 bits per heavy atom. The molecule has 2 aromatic carbocycles. The molecular formula is C22H20FN3O6S. The second kappa shape index (κ2) is 8.39. The molecule has 0 saturated carbocycles. The number of hydrogen-bond acceptors (Lipinski definition) is 6. The molecule has 11 heteroatoms. The van der Waals surface area contributed by atoms with Crippen LogP contribution in [0.4, 0.5) is 4.39 Å². The Labute approximate surface area is 188 Å². The number of amides is 4. The quantitative estimate of drug-likeness (QED) is 0.622. The molecule has 172 valence electrons. The maximum atomic E-state index is 15.1. The highest BCUT2D eigenvalue weighted by molar-refractivity contribution is 7.90. The van der Waals surface area contributed by atoms with Crippen LogP contribution in [0.2, 0.25) is 0 Å². The topological polar surface area (TPSA) is 130 Å². The van der Waals surface area contributed by atoms with E-state index in [1.807, 2.05) is 0 Å². The molecule has 1 unspecified atom stereocenters. The maximum absolute atomic E-state index is 15.1. The predicted molar refractivity (Wildman–Crippen MR) is 113 cm³/mol. The molecule has 33 heavy (non-hydrogen) atoms. The van der Waals surface area contributed by atoms with Crippen LogP contribution in [0.3, 0.4) is 0 Å². The summed E-state index contributed by atoms with van der Waals surface area (Å²) in [5, 5.41) is 4.77. The van der Waals surface area contributed by atoms with Gasteiger partial charge >= 0.3 is 0 Å². The van der Waals surface area contributed by atoms with Gasteiger partial charge in [-0.05, 0) is 36.8 Å². The van der Waals surface area contributed by atoms with Crippen LogP contribution in [0, 0.1) is 5.82 Å². The number of imide groups is 1. The highest BCUT2D eigenvalue weighted by Crippen LogP contribution is 2.30. The van der Waals surface area contributed by atoms with Crippen molar-refractivity contribution in [3.05, 3.63) is 64.5 Å². The van der Waals surface area contributed by atoms with Gasteiger partial charge in [0.25, 0.3) is 11.8 Å². The van der Waals surface area contributed by atoms with Crippen molar-refractivity contribution < 1.29 is 32.0 Å². The molecule has 0 radical (unpaired) electrons. The molecule has 9 nitrogen and oxygen atoms in total. The zero-order chi connectivity index (χ0) is 23.9. The van der Waals surface area contributed by atoms with Crippen molar-refractivity contribution in [3.63, 3.8) is 0 Å². The molecule has 4 amide bonds. The minimum atomic E-state index is -3.39. The first-order valence-electron chi connectivity index (χ1n) is 10.1. The van der Waals surface area contributed by atoms with Crippen LogP contribution in [-0.4, -0.2) is 49.2 Å². The molecule has 2 N–H and O–H groups in total. The van der Waals surface area contributed by atoms with Crippen molar-refractivity contribution in [2.24, 2.45) is 0 Å². The number of rotatable bonds is 5. The summed E-state index contributed by atoms with van der Waals surface area (Å²) in [6, 6.07) is 7.36. The third kappa shape index (κ3) is 4.36. The molecule has 0 aromatic heterocycles. The molecule has 1 fully saturated rings. The fourth-order valence-corrected chi connectivity index (χ4v) is 4.55. The van der Waals surface area contributed by atoms with Crippen LogP contribution in [0.15, 0.2) is 41.3 Å². The number of halogens is 1. The molecule has 1 atom stereocenters. The van der Waals surface area contributed by atoms with Crippen molar-refractivity contribution in [2.45, 2.75) is 36.9 Å². The monoisotopic (exact) mass is 473 g/mol. The first-order valence-corrected chi connectivity index (χ1v) is 12.0. The molecule has 2 aliphatic rings. The van der Waals surface area contributed by atoms with E-state index >= 15 is 4.39 Å². The molecule has 1 saturated heterocycles. The van der Waals surface area contributed by atoms with Crippen molar-refractivity contribution >= 4 is 33.5 Å². The predicted octanol–water partition coefficient (Wildman–Crippen LogP) is 0.920. The second-order valence-corrected chi connectivity index (χ2v) is 9.96. The summed E-state index contributed by atoms with van der Waals surface area (Å²) < 4.78 is 38.2. The van der Waals surface area contributed by atoms with E-state index in [1.54, 1.807) is 0 Å². The number of piperidine rings is 1. The van der Waals surface area contributed by atoms with Crippen molar-refractivity contribution in [3.8, 4) is 0 Å². The van der Waals surface area contributed by atoms with E-state index in [1.165, 1.54) is 41.3 Å². The van der Waals surface area contributed by atoms with Crippen LogP contribution in [0.5, 0.6) is 0 Å². The van der Waals surface area contributed by atoms with E-state index in [0.29, 0.717) is 0 Å². The summed E-state index contributed by atoms with van der Waals surface area (Å²) in [7, 11) is -3.39. The average Bonchev–Trinajstić information content (AvgIpc) is 3.09. The van der Waals surface area contributed by atoms with Gasteiger partial charge in [0.1, 0.15) is 11.9 Å². The Kier molecular flexibility index (Phi) is 5.75. The van der Waals surface area contributed by atoms with Gasteiger partial charge in [0.05, 0.1) is 11.4 Å². The zero-order valence-corrected chi connectivity index (χ0v) is 18.4. The average molecular weight is 473 g/mol. The van der Waals surface area contributed by atoms with Crippen molar-refractivity contribution in [1.29, 1.82) is 0 Å². The number of carbonyl (C=O) groups excluding carboxylic acids is 4. The Morgan fingerprint density at radius 3 is 2.48 bits per heavy atom. The van der Waals surface area contributed by atoms with Gasteiger partial charge in [-0.1, -0.05) is 6.07 Å². The van der Waals surface area contributed by atoms with E-state index in [0.717, 1.165) is 6.26 Å². The zero-order valence-electron chi connectivity index (χ0n) is 17.6. The van der Waals surface area contributed by atoms with E-state index < -0.39 is 45.3 Å². The minimum absolute atomic E-state index is 0.0777. The largest absolute Gasteiger partial charge is 0.348 e. The van der Waals surface area contributed by atoms with E-state index in [-0.39, 0.29) is 53.1 Å². The normalized spacial score (nSPS) is 18.2. The maximum Gasteiger partial charge on any atom is 0.255 e. The molecule has 2 aromatic rings. The SMILES string of the molecule is CS(=O)(=O)c1ccc(C(=O)NCc2ccc3c(c2F)CN(C2CCC(=O)NC2=O)C3=O)cc1. The molecular weight excluding hydrogens is 453 g/mol. The fraction of sp³-hybridized carbons (Fsp3) is 0.273. The lowest BCUT2D eigenvalue weighted by Crippen LogP contribution is -2.52. The number of benzene rings is 2.